The van der Waals surface area contributed by atoms with E-state index >= 15 is 0 Å². The van der Waals surface area contributed by atoms with Gasteiger partial charge >= 0.3 is 5.97 Å². The number of anilines is 2. The van der Waals surface area contributed by atoms with Gasteiger partial charge in [-0.2, -0.15) is 0 Å². The van der Waals surface area contributed by atoms with E-state index in [1.807, 2.05) is 13.1 Å². The monoisotopic (exact) mass is 236 g/mol. The fourth-order valence-electron chi connectivity index (χ4n) is 1.63. The van der Waals surface area contributed by atoms with Gasteiger partial charge in [-0.3, -0.25) is 0 Å². The van der Waals surface area contributed by atoms with Gasteiger partial charge in [-0.05, 0) is 31.0 Å². The first kappa shape index (κ1) is 13.4. The van der Waals surface area contributed by atoms with Gasteiger partial charge in [0.2, 0.25) is 0 Å². The minimum Gasteiger partial charge on any atom is -0.478 e. The van der Waals surface area contributed by atoms with Gasteiger partial charge in [-0.1, -0.05) is 13.8 Å². The van der Waals surface area contributed by atoms with Gasteiger partial charge in [0, 0.05) is 24.5 Å². The molecule has 1 atom stereocenters. The van der Waals surface area contributed by atoms with Gasteiger partial charge in [-0.15, -0.1) is 0 Å². The van der Waals surface area contributed by atoms with Crippen molar-refractivity contribution in [3.05, 3.63) is 23.8 Å². The van der Waals surface area contributed by atoms with Gasteiger partial charge in [0.25, 0.3) is 0 Å². The molecule has 0 aliphatic rings. The summed E-state index contributed by atoms with van der Waals surface area (Å²) in [4.78, 5) is 13.1. The summed E-state index contributed by atoms with van der Waals surface area (Å²) < 4.78 is 0. The van der Waals surface area contributed by atoms with E-state index in [0.717, 1.165) is 5.69 Å². The highest BCUT2D eigenvalue weighted by molar-refractivity contribution is 5.94. The SMILES string of the molecule is CC(C)C(C)N(C)c1ccc(N)c(C(=O)O)c1. The van der Waals surface area contributed by atoms with Crippen LogP contribution in [0.3, 0.4) is 0 Å². The fraction of sp³-hybridized carbons (Fsp3) is 0.462. The molecule has 0 radical (unpaired) electrons. The van der Waals surface area contributed by atoms with Crippen LogP contribution >= 0.6 is 0 Å². The van der Waals surface area contributed by atoms with Gasteiger partial charge in [0.1, 0.15) is 0 Å². The van der Waals surface area contributed by atoms with Crippen molar-refractivity contribution in [3.63, 3.8) is 0 Å². The normalized spacial score (nSPS) is 12.5. The van der Waals surface area contributed by atoms with Crippen molar-refractivity contribution in [2.75, 3.05) is 17.7 Å². The molecule has 1 unspecified atom stereocenters. The number of hydrogen-bond acceptors (Lipinski definition) is 3. The molecule has 0 saturated carbocycles. The lowest BCUT2D eigenvalue weighted by atomic mass is 10.0. The predicted molar refractivity (Wildman–Crippen MR) is 70.5 cm³/mol. The van der Waals surface area contributed by atoms with Crippen LogP contribution in [0, 0.1) is 5.92 Å². The zero-order valence-electron chi connectivity index (χ0n) is 10.8. The number of carboxylic acid groups (broad SMARTS) is 1. The highest BCUT2D eigenvalue weighted by atomic mass is 16.4. The van der Waals surface area contributed by atoms with Crippen molar-refractivity contribution in [1.29, 1.82) is 0 Å². The van der Waals surface area contributed by atoms with E-state index in [4.69, 9.17) is 10.8 Å². The van der Waals surface area contributed by atoms with E-state index in [1.54, 1.807) is 12.1 Å². The maximum absolute atomic E-state index is 11.0. The molecule has 3 N–H and O–H groups in total. The quantitative estimate of drug-likeness (QED) is 0.788. The maximum atomic E-state index is 11.0. The van der Waals surface area contributed by atoms with E-state index < -0.39 is 5.97 Å². The molecule has 0 aromatic heterocycles. The van der Waals surface area contributed by atoms with Crippen LogP contribution in [0.15, 0.2) is 18.2 Å². The molecule has 0 aliphatic carbocycles. The number of aromatic carboxylic acids is 1. The molecule has 0 bridgehead atoms. The summed E-state index contributed by atoms with van der Waals surface area (Å²) >= 11 is 0. The number of carbonyl (C=O) groups is 1. The summed E-state index contributed by atoms with van der Waals surface area (Å²) in [5.74, 6) is -0.499. The smallest absolute Gasteiger partial charge is 0.337 e. The van der Waals surface area contributed by atoms with Crippen LogP contribution < -0.4 is 10.6 Å². The standard InChI is InChI=1S/C13H20N2O2/c1-8(2)9(3)15(4)10-5-6-12(14)11(7-10)13(16)17/h5-9H,14H2,1-4H3,(H,16,17). The molecule has 0 amide bonds. The molecule has 0 spiro atoms. The van der Waals surface area contributed by atoms with Crippen molar-refractivity contribution in [1.82, 2.24) is 0 Å². The molecule has 4 nitrogen and oxygen atoms in total. The topological polar surface area (TPSA) is 66.6 Å². The van der Waals surface area contributed by atoms with E-state index in [9.17, 15) is 4.79 Å². The minimum absolute atomic E-state index is 0.158. The lowest BCUT2D eigenvalue weighted by molar-refractivity contribution is 0.0698. The van der Waals surface area contributed by atoms with Crippen LogP contribution in [-0.4, -0.2) is 24.2 Å². The van der Waals surface area contributed by atoms with Crippen LogP contribution in [0.25, 0.3) is 0 Å². The fourth-order valence-corrected chi connectivity index (χ4v) is 1.63. The van der Waals surface area contributed by atoms with Crippen LogP contribution in [-0.2, 0) is 0 Å². The lowest BCUT2D eigenvalue weighted by Gasteiger charge is -2.30. The van der Waals surface area contributed by atoms with Crippen molar-refractivity contribution in [3.8, 4) is 0 Å². The average molecular weight is 236 g/mol. The van der Waals surface area contributed by atoms with Crippen LogP contribution in [0.5, 0.6) is 0 Å². The van der Waals surface area contributed by atoms with E-state index in [2.05, 4.69) is 25.7 Å². The summed E-state index contributed by atoms with van der Waals surface area (Å²) in [5.41, 5.74) is 6.96. The molecule has 1 rings (SSSR count). The largest absolute Gasteiger partial charge is 0.478 e. The Balaban J connectivity index is 3.07. The molecule has 94 valence electrons. The first-order valence-electron chi connectivity index (χ1n) is 5.70. The maximum Gasteiger partial charge on any atom is 0.337 e. The van der Waals surface area contributed by atoms with Crippen molar-refractivity contribution >= 4 is 17.3 Å². The zero-order valence-corrected chi connectivity index (χ0v) is 10.8. The Kier molecular flexibility index (Phi) is 3.99. The number of carboxylic acids is 1. The second kappa shape index (κ2) is 5.08. The summed E-state index contributed by atoms with van der Waals surface area (Å²) in [6, 6.07) is 5.44. The Labute approximate surface area is 102 Å². The number of nitrogen functional groups attached to an aromatic ring is 1. The summed E-state index contributed by atoms with van der Waals surface area (Å²) in [6.45, 7) is 6.38. The Bertz CT molecular complexity index is 416. The number of nitrogens with zero attached hydrogens (tertiary/aromatic N) is 1. The second-order valence-corrected chi connectivity index (χ2v) is 4.67. The van der Waals surface area contributed by atoms with E-state index in [1.165, 1.54) is 0 Å². The van der Waals surface area contributed by atoms with Gasteiger partial charge < -0.3 is 15.7 Å². The molecule has 0 fully saturated rings. The van der Waals surface area contributed by atoms with Crippen molar-refractivity contribution in [2.45, 2.75) is 26.8 Å². The Morgan fingerprint density at radius 1 is 1.35 bits per heavy atom. The zero-order chi connectivity index (χ0) is 13.2. The molecule has 1 aromatic carbocycles. The predicted octanol–water partition coefficient (Wildman–Crippen LogP) is 2.45. The molecular formula is C13H20N2O2. The van der Waals surface area contributed by atoms with Gasteiger partial charge in [0.05, 0.1) is 5.56 Å². The number of benzene rings is 1. The van der Waals surface area contributed by atoms with Gasteiger partial charge in [-0.25, -0.2) is 4.79 Å². The molecule has 0 heterocycles. The van der Waals surface area contributed by atoms with E-state index in [-0.39, 0.29) is 5.56 Å². The third-order valence-corrected chi connectivity index (χ3v) is 3.25. The van der Waals surface area contributed by atoms with Crippen LogP contribution in [0.1, 0.15) is 31.1 Å². The van der Waals surface area contributed by atoms with Crippen molar-refractivity contribution in [2.24, 2.45) is 5.92 Å². The minimum atomic E-state index is -0.991. The molecule has 4 heteroatoms. The summed E-state index contributed by atoms with van der Waals surface area (Å²) in [5, 5.41) is 9.02. The summed E-state index contributed by atoms with van der Waals surface area (Å²) in [7, 11) is 1.96. The molecule has 17 heavy (non-hydrogen) atoms. The first-order chi connectivity index (χ1) is 7.84. The Hall–Kier alpha value is -1.71. The second-order valence-electron chi connectivity index (χ2n) is 4.67. The highest BCUT2D eigenvalue weighted by Crippen LogP contribution is 2.23. The number of hydrogen-bond donors (Lipinski definition) is 2. The van der Waals surface area contributed by atoms with Crippen LogP contribution in [0.4, 0.5) is 11.4 Å². The molecule has 0 aliphatic heterocycles. The third-order valence-electron chi connectivity index (χ3n) is 3.25. The molecule has 0 saturated heterocycles. The molecule has 1 aromatic rings. The first-order valence-corrected chi connectivity index (χ1v) is 5.70. The third kappa shape index (κ3) is 2.90. The summed E-state index contributed by atoms with van der Waals surface area (Å²) in [6.07, 6.45) is 0. The lowest BCUT2D eigenvalue weighted by Crippen LogP contribution is -2.33. The van der Waals surface area contributed by atoms with Gasteiger partial charge in [0.15, 0.2) is 0 Å². The van der Waals surface area contributed by atoms with Crippen molar-refractivity contribution < 1.29 is 9.90 Å². The molecular weight excluding hydrogens is 216 g/mol. The Morgan fingerprint density at radius 3 is 2.41 bits per heavy atom. The number of rotatable bonds is 4. The highest BCUT2D eigenvalue weighted by Gasteiger charge is 2.16. The van der Waals surface area contributed by atoms with Crippen LogP contribution in [0.2, 0.25) is 0 Å². The van der Waals surface area contributed by atoms with E-state index in [0.29, 0.717) is 17.6 Å². The average Bonchev–Trinajstić information content (AvgIpc) is 2.27. The number of nitrogens with two attached hydrogens (primary N) is 1. The Morgan fingerprint density at radius 2 is 1.94 bits per heavy atom.